The number of hydrogen-bond donors (Lipinski definition) is 2. The fourth-order valence-electron chi connectivity index (χ4n) is 9.64. The molecule has 11 heteroatoms. The van der Waals surface area contributed by atoms with Crippen molar-refractivity contribution >= 4 is 11.9 Å². The number of morpholine rings is 1. The summed E-state index contributed by atoms with van der Waals surface area (Å²) in [5.41, 5.74) is 5.02. The number of ether oxygens (including phenoxy) is 4. The van der Waals surface area contributed by atoms with Crippen LogP contribution in [0.5, 0.6) is 0 Å². The molecule has 3 N–H and O–H groups in total. The van der Waals surface area contributed by atoms with Crippen molar-refractivity contribution in [2.24, 2.45) is 47.2 Å². The highest BCUT2D eigenvalue weighted by molar-refractivity contribution is 5.78. The van der Waals surface area contributed by atoms with Crippen LogP contribution in [0.25, 0.3) is 0 Å². The zero-order valence-electron chi connectivity index (χ0n) is 27.6. The first-order valence-corrected chi connectivity index (χ1v) is 17.4. The number of carbonyl (C=O) groups is 2. The average Bonchev–Trinajstić information content (AvgIpc) is 3.46. The van der Waals surface area contributed by atoms with Gasteiger partial charge in [-0.15, -0.1) is 0 Å². The van der Waals surface area contributed by atoms with E-state index in [4.69, 9.17) is 29.8 Å². The molecule has 4 saturated carbocycles. The fraction of sp³-hybridized carbons (Fsp3) is 0.941. The molecule has 4 aliphatic carbocycles. The molecule has 0 aromatic rings. The van der Waals surface area contributed by atoms with Gasteiger partial charge in [0, 0.05) is 58.9 Å². The second-order valence-electron chi connectivity index (χ2n) is 14.0. The summed E-state index contributed by atoms with van der Waals surface area (Å²) >= 11 is 0. The van der Waals surface area contributed by atoms with Gasteiger partial charge in [-0.3, -0.25) is 14.5 Å². The zero-order valence-corrected chi connectivity index (χ0v) is 27.6. The van der Waals surface area contributed by atoms with Gasteiger partial charge in [-0.05, 0) is 87.9 Å². The number of primary amides is 1. The summed E-state index contributed by atoms with van der Waals surface area (Å²) in [6.07, 6.45) is 7.49. The molecular formula is C34H58F2N2O7. The molecule has 5 fully saturated rings. The van der Waals surface area contributed by atoms with Crippen LogP contribution in [0.2, 0.25) is 0 Å². The SMILES string of the molecule is CCOCC1CC(OC)C(C2CCC3C(CCC(=O)O)CCCC32)C(OC)C1.NC(=O)C1C(F)CC(N2CCOCC2)CC1F. The van der Waals surface area contributed by atoms with Crippen LogP contribution in [0.4, 0.5) is 8.78 Å². The minimum absolute atomic E-state index is 0.139. The van der Waals surface area contributed by atoms with Gasteiger partial charge in [-0.1, -0.05) is 12.8 Å². The Morgan fingerprint density at radius 1 is 0.911 bits per heavy atom. The molecular weight excluding hydrogens is 586 g/mol. The first-order chi connectivity index (χ1) is 21.7. The summed E-state index contributed by atoms with van der Waals surface area (Å²) in [4.78, 5) is 24.1. The van der Waals surface area contributed by atoms with Crippen molar-refractivity contribution in [1.82, 2.24) is 4.90 Å². The normalized spacial score (nSPS) is 40.6. The van der Waals surface area contributed by atoms with Gasteiger partial charge < -0.3 is 29.8 Å². The van der Waals surface area contributed by atoms with E-state index < -0.39 is 30.1 Å². The molecule has 45 heavy (non-hydrogen) atoms. The lowest BCUT2D eigenvalue weighted by Gasteiger charge is -2.46. The van der Waals surface area contributed by atoms with Crippen molar-refractivity contribution in [2.75, 3.05) is 53.7 Å². The summed E-state index contributed by atoms with van der Waals surface area (Å²) in [6.45, 7) is 6.22. The molecule has 5 aliphatic rings. The number of methoxy groups -OCH3 is 2. The number of carboxylic acid groups (broad SMARTS) is 1. The molecule has 5 rings (SSSR count). The largest absolute Gasteiger partial charge is 0.481 e. The second kappa shape index (κ2) is 17.7. The molecule has 1 aliphatic heterocycles. The predicted octanol–water partition coefficient (Wildman–Crippen LogP) is 4.65. The second-order valence-corrected chi connectivity index (χ2v) is 14.0. The van der Waals surface area contributed by atoms with Crippen molar-refractivity contribution in [3.63, 3.8) is 0 Å². The van der Waals surface area contributed by atoms with E-state index in [1.54, 1.807) is 0 Å². The molecule has 8 atom stereocenters. The van der Waals surface area contributed by atoms with Gasteiger partial charge in [0.15, 0.2) is 0 Å². The molecule has 1 amide bonds. The van der Waals surface area contributed by atoms with Crippen molar-refractivity contribution < 1.29 is 42.4 Å². The van der Waals surface area contributed by atoms with Gasteiger partial charge in [-0.2, -0.15) is 0 Å². The number of nitrogens with zero attached hydrogens (tertiary/aromatic N) is 1. The number of carbonyl (C=O) groups excluding carboxylic acids is 1. The highest BCUT2D eigenvalue weighted by Crippen LogP contribution is 2.55. The monoisotopic (exact) mass is 644 g/mol. The third-order valence-electron chi connectivity index (χ3n) is 11.7. The maximum Gasteiger partial charge on any atom is 0.303 e. The summed E-state index contributed by atoms with van der Waals surface area (Å²) in [7, 11) is 3.72. The number of amides is 1. The average molecular weight is 645 g/mol. The number of aliphatic carboxylic acids is 1. The van der Waals surface area contributed by atoms with Crippen LogP contribution in [0, 0.1) is 41.4 Å². The summed E-state index contributed by atoms with van der Waals surface area (Å²) in [5.74, 6) is 0.849. The number of fused-ring (bicyclic) bond motifs is 1. The quantitative estimate of drug-likeness (QED) is 0.334. The number of hydrogen-bond acceptors (Lipinski definition) is 7. The van der Waals surface area contributed by atoms with Crippen molar-refractivity contribution in [3.05, 3.63) is 0 Å². The molecule has 9 nitrogen and oxygen atoms in total. The van der Waals surface area contributed by atoms with E-state index in [0.29, 0.717) is 62.3 Å². The summed E-state index contributed by atoms with van der Waals surface area (Å²) in [6, 6.07) is -0.139. The van der Waals surface area contributed by atoms with Crippen molar-refractivity contribution in [1.29, 1.82) is 0 Å². The molecule has 0 spiro atoms. The van der Waals surface area contributed by atoms with E-state index in [2.05, 4.69) is 6.92 Å². The Morgan fingerprint density at radius 2 is 1.53 bits per heavy atom. The molecule has 8 unspecified atom stereocenters. The summed E-state index contributed by atoms with van der Waals surface area (Å²) in [5, 5.41) is 9.12. The van der Waals surface area contributed by atoms with E-state index in [9.17, 15) is 18.4 Å². The molecule has 0 bridgehead atoms. The van der Waals surface area contributed by atoms with Crippen LogP contribution in [0.15, 0.2) is 0 Å². The molecule has 0 aromatic heterocycles. The smallest absolute Gasteiger partial charge is 0.303 e. The zero-order chi connectivity index (χ0) is 32.5. The third kappa shape index (κ3) is 9.36. The Morgan fingerprint density at radius 3 is 2.09 bits per heavy atom. The van der Waals surface area contributed by atoms with E-state index in [1.807, 2.05) is 19.1 Å². The predicted molar refractivity (Wildman–Crippen MR) is 166 cm³/mol. The highest BCUT2D eigenvalue weighted by atomic mass is 19.1. The molecule has 1 saturated heterocycles. The van der Waals surface area contributed by atoms with E-state index in [-0.39, 0.29) is 31.1 Å². The molecule has 0 radical (unpaired) electrons. The van der Waals surface area contributed by atoms with E-state index in [0.717, 1.165) is 38.4 Å². The Labute approximate surface area is 268 Å². The Kier molecular flexibility index (Phi) is 14.3. The van der Waals surface area contributed by atoms with Gasteiger partial charge in [0.25, 0.3) is 0 Å². The molecule has 0 aromatic carbocycles. The Hall–Kier alpha value is -1.40. The van der Waals surface area contributed by atoms with Crippen LogP contribution in [0.1, 0.15) is 77.6 Å². The van der Waals surface area contributed by atoms with E-state index >= 15 is 0 Å². The van der Waals surface area contributed by atoms with Crippen molar-refractivity contribution in [2.45, 2.75) is 108 Å². The summed E-state index contributed by atoms with van der Waals surface area (Å²) < 4.78 is 50.5. The number of nitrogens with two attached hydrogens (primary N) is 1. The minimum atomic E-state index is -1.47. The van der Waals surface area contributed by atoms with Crippen LogP contribution in [-0.4, -0.2) is 106 Å². The van der Waals surface area contributed by atoms with Gasteiger partial charge in [0.05, 0.1) is 25.4 Å². The van der Waals surface area contributed by atoms with Crippen LogP contribution in [-0.2, 0) is 28.5 Å². The number of carboxylic acids is 1. The Balaban J connectivity index is 0.000000231. The van der Waals surface area contributed by atoms with Crippen LogP contribution < -0.4 is 5.73 Å². The van der Waals surface area contributed by atoms with E-state index in [1.165, 1.54) is 32.1 Å². The maximum absolute atomic E-state index is 13.8. The first kappa shape index (κ1) is 36.4. The highest BCUT2D eigenvalue weighted by Gasteiger charge is 2.51. The topological polar surface area (TPSA) is 121 Å². The lowest BCUT2D eigenvalue weighted by Crippen LogP contribution is -2.52. The minimum Gasteiger partial charge on any atom is -0.481 e. The van der Waals surface area contributed by atoms with Gasteiger partial charge in [0.1, 0.15) is 18.3 Å². The van der Waals surface area contributed by atoms with Crippen LogP contribution >= 0.6 is 0 Å². The first-order valence-electron chi connectivity index (χ1n) is 17.4. The van der Waals surface area contributed by atoms with Gasteiger partial charge in [0.2, 0.25) is 5.91 Å². The molecule has 260 valence electrons. The standard InChI is InChI=1S/C23H40O5.C11H18F2N2O2/c1-4-28-14-15-12-20(26-2)23(21(13-15)27-3)19-10-9-17-16(8-11-22(24)25)6-5-7-18(17)19;12-8-5-7(15-1-3-17-4-2-15)6-9(13)10(8)11(14)16/h15-21,23H,4-14H2,1-3H3,(H,24,25);7-10H,1-6H2,(H2,14,16). The maximum atomic E-state index is 13.8. The lowest BCUT2D eigenvalue weighted by atomic mass is 9.64. The van der Waals surface area contributed by atoms with Gasteiger partial charge in [-0.25, -0.2) is 8.78 Å². The number of rotatable bonds is 11. The number of halogens is 2. The third-order valence-corrected chi connectivity index (χ3v) is 11.7. The molecule has 1 heterocycles. The van der Waals surface area contributed by atoms with Gasteiger partial charge >= 0.3 is 5.97 Å². The van der Waals surface area contributed by atoms with Crippen LogP contribution in [0.3, 0.4) is 0 Å². The number of alkyl halides is 2. The fourth-order valence-corrected chi connectivity index (χ4v) is 9.64. The Bertz CT molecular complexity index is 899. The lowest BCUT2D eigenvalue weighted by molar-refractivity contribution is -0.137. The van der Waals surface area contributed by atoms with Crippen molar-refractivity contribution in [3.8, 4) is 0 Å².